The van der Waals surface area contributed by atoms with Gasteiger partial charge in [0, 0.05) is 77.7 Å². The van der Waals surface area contributed by atoms with Crippen molar-refractivity contribution in [2.24, 2.45) is 0 Å². The fraction of sp³-hybridized carbons (Fsp3) is 0.0702. The van der Waals surface area contributed by atoms with E-state index in [0.29, 0.717) is 28.5 Å². The Labute approximate surface area is 459 Å². The number of esters is 2. The van der Waals surface area contributed by atoms with Crippen LogP contribution in [-0.2, 0) is 12.8 Å². The minimum absolute atomic E-state index is 0.107. The van der Waals surface area contributed by atoms with Crippen molar-refractivity contribution < 1.29 is 28.7 Å². The Morgan fingerprint density at radius 2 is 0.961 bits per heavy atom. The molecule has 0 radical (unpaired) electrons. The lowest BCUT2D eigenvalue weighted by molar-refractivity contribution is 0.0724. The Kier molecular flexibility index (Phi) is 14.7. The second-order valence-electron chi connectivity index (χ2n) is 17.1. The molecule has 0 unspecified atom stereocenters. The van der Waals surface area contributed by atoms with Gasteiger partial charge in [0.1, 0.15) is 27.5 Å². The summed E-state index contributed by atoms with van der Waals surface area (Å²) in [7, 11) is 0. The standard InChI is InChI=1S/C57H37Br2N9O6S2/c58-40-12-9-36(10-13-40)49-32-67(65-63-49)52-21-16-43(30-61-52)75-25-23-34-1-5-37(6-2-34)56(71)73-41-14-18-45-47(27-41)54(69)46-19-15-42(28-48(46)55(45)70)74-57(72)38-7-3-35(4-8-38)24-26-76-44-17-22-53(62-31-44)68-33-50(64-66-68)39-11-20-51(59)60-29-39/h1-22,27-33H,23-26H2. The highest BCUT2D eigenvalue weighted by Gasteiger charge is 2.31. The molecule has 5 heterocycles. The third-order valence-electron chi connectivity index (χ3n) is 12.1. The smallest absolute Gasteiger partial charge is 0.343 e. The van der Waals surface area contributed by atoms with E-state index in [4.69, 9.17) is 9.47 Å². The van der Waals surface area contributed by atoms with Crippen molar-refractivity contribution in [2.75, 3.05) is 11.5 Å². The highest BCUT2D eigenvalue weighted by molar-refractivity contribution is 9.10. The largest absolute Gasteiger partial charge is 0.423 e. The van der Waals surface area contributed by atoms with Crippen molar-refractivity contribution in [3.63, 3.8) is 0 Å². The Morgan fingerprint density at radius 1 is 0.487 bits per heavy atom. The fourth-order valence-corrected chi connectivity index (χ4v) is 10.3. The zero-order valence-corrected chi connectivity index (χ0v) is 44.4. The summed E-state index contributed by atoms with van der Waals surface area (Å²) in [5.74, 6) is 1.05. The van der Waals surface area contributed by atoms with Crippen LogP contribution >= 0.6 is 55.4 Å². The lowest BCUT2D eigenvalue weighted by Crippen LogP contribution is -2.21. The minimum Gasteiger partial charge on any atom is -0.423 e. The molecule has 0 N–H and O–H groups in total. The van der Waals surface area contributed by atoms with E-state index < -0.39 is 23.5 Å². The van der Waals surface area contributed by atoms with Crippen LogP contribution in [0.5, 0.6) is 11.5 Å². The molecule has 15 nitrogen and oxygen atoms in total. The highest BCUT2D eigenvalue weighted by Crippen LogP contribution is 2.33. The number of ether oxygens (including phenoxy) is 2. The molecule has 0 fully saturated rings. The van der Waals surface area contributed by atoms with Crippen molar-refractivity contribution in [3.05, 3.63) is 230 Å². The van der Waals surface area contributed by atoms with Crippen LogP contribution in [0.4, 0.5) is 0 Å². The number of carbonyl (C=O) groups is 4. The van der Waals surface area contributed by atoms with Crippen LogP contribution in [0.15, 0.2) is 195 Å². The Balaban J connectivity index is 0.635. The SMILES string of the molecule is O=C(Oc1ccc2c(c1)C(=O)c1ccc(OC(=O)c3ccc(CCSc4ccc(-n5cc(-c6ccc(Br)nc6)nn5)nc4)cc3)cc1C2=O)c1ccc(CCSc2ccc(-n3cc(-c4ccc(Br)cc4)nn3)nc2)cc1. The average Bonchev–Trinajstić information content (AvgIpc) is 4.16. The van der Waals surface area contributed by atoms with Gasteiger partial charge in [0.05, 0.1) is 23.5 Å². The summed E-state index contributed by atoms with van der Waals surface area (Å²) < 4.78 is 16.3. The van der Waals surface area contributed by atoms with Gasteiger partial charge in [-0.2, -0.15) is 0 Å². The summed E-state index contributed by atoms with van der Waals surface area (Å²) in [6.07, 6.45) is 10.5. The lowest BCUT2D eigenvalue weighted by atomic mass is 9.84. The van der Waals surface area contributed by atoms with Gasteiger partial charge in [-0.3, -0.25) is 9.59 Å². The van der Waals surface area contributed by atoms with Gasteiger partial charge < -0.3 is 9.47 Å². The van der Waals surface area contributed by atoms with Gasteiger partial charge in [0.15, 0.2) is 23.2 Å². The number of benzene rings is 5. The normalized spacial score (nSPS) is 11.8. The topological polar surface area (TPSA) is 187 Å². The quantitative estimate of drug-likeness (QED) is 0.0384. The second kappa shape index (κ2) is 22.3. The van der Waals surface area contributed by atoms with E-state index >= 15 is 0 Å². The number of hydrogen-bond donors (Lipinski definition) is 0. The van der Waals surface area contributed by atoms with Crippen LogP contribution < -0.4 is 9.47 Å². The van der Waals surface area contributed by atoms with Crippen molar-refractivity contribution in [2.45, 2.75) is 22.6 Å². The molecule has 10 aromatic rings. The summed E-state index contributed by atoms with van der Waals surface area (Å²) in [6, 6.07) is 42.4. The lowest BCUT2D eigenvalue weighted by Gasteiger charge is -2.19. The van der Waals surface area contributed by atoms with E-state index in [9.17, 15) is 19.2 Å². The van der Waals surface area contributed by atoms with Gasteiger partial charge in [-0.15, -0.1) is 33.7 Å². The number of fused-ring (bicyclic) bond motifs is 2. The number of pyridine rings is 3. The molecular weight excluding hydrogens is 1130 g/mol. The fourth-order valence-electron chi connectivity index (χ4n) is 8.11. The molecule has 1 aliphatic carbocycles. The number of rotatable bonds is 16. The summed E-state index contributed by atoms with van der Waals surface area (Å²) in [5.41, 5.74) is 6.50. The molecular formula is C57H37Br2N9O6S2. The summed E-state index contributed by atoms with van der Waals surface area (Å²) >= 11 is 10.1. The maximum Gasteiger partial charge on any atom is 0.343 e. The molecule has 0 saturated carbocycles. The van der Waals surface area contributed by atoms with E-state index in [1.54, 1.807) is 75.7 Å². The number of ketones is 2. The van der Waals surface area contributed by atoms with Crippen molar-refractivity contribution in [1.29, 1.82) is 0 Å². The van der Waals surface area contributed by atoms with Gasteiger partial charge in [0.25, 0.3) is 0 Å². The Bertz CT molecular complexity index is 3550. The zero-order valence-electron chi connectivity index (χ0n) is 39.6. The highest BCUT2D eigenvalue weighted by atomic mass is 79.9. The molecule has 1 aliphatic rings. The van der Waals surface area contributed by atoms with Gasteiger partial charge in [-0.05, 0) is 149 Å². The van der Waals surface area contributed by atoms with Gasteiger partial charge in [-0.1, -0.05) is 62.8 Å². The molecule has 0 spiro atoms. The van der Waals surface area contributed by atoms with E-state index in [1.807, 2.05) is 97.3 Å². The molecule has 0 amide bonds. The first-order chi connectivity index (χ1) is 37.1. The van der Waals surface area contributed by atoms with Crippen LogP contribution in [-0.4, -0.2) is 80.0 Å². The summed E-state index contributed by atoms with van der Waals surface area (Å²) in [4.78, 5) is 69.3. The van der Waals surface area contributed by atoms with Crippen molar-refractivity contribution in [3.8, 4) is 45.6 Å². The van der Waals surface area contributed by atoms with E-state index in [1.165, 1.54) is 36.4 Å². The molecule has 5 aromatic heterocycles. The molecule has 0 atom stereocenters. The number of halogens is 2. The van der Waals surface area contributed by atoms with Crippen LogP contribution in [0.2, 0.25) is 0 Å². The third-order valence-corrected chi connectivity index (χ3v) is 15.1. The number of hydrogen-bond acceptors (Lipinski definition) is 15. The molecule has 0 saturated heterocycles. The second-order valence-corrected chi connectivity index (χ2v) is 21.2. The van der Waals surface area contributed by atoms with Gasteiger partial charge >= 0.3 is 11.9 Å². The number of nitrogens with zero attached hydrogens (tertiary/aromatic N) is 9. The third kappa shape index (κ3) is 11.4. The molecule has 0 aliphatic heterocycles. The first-order valence-electron chi connectivity index (χ1n) is 23.5. The predicted octanol–water partition coefficient (Wildman–Crippen LogP) is 11.8. The molecule has 19 heteroatoms. The zero-order chi connectivity index (χ0) is 52.1. The minimum atomic E-state index is -0.608. The predicted molar refractivity (Wildman–Crippen MR) is 294 cm³/mol. The number of carbonyl (C=O) groups excluding carboxylic acids is 4. The number of thioether (sulfide) groups is 2. The molecule has 11 rings (SSSR count). The van der Waals surface area contributed by atoms with E-state index in [0.717, 1.165) is 71.2 Å². The summed E-state index contributed by atoms with van der Waals surface area (Å²) in [6.45, 7) is 0. The van der Waals surface area contributed by atoms with Gasteiger partial charge in [0.2, 0.25) is 0 Å². The molecule has 5 aromatic carbocycles. The van der Waals surface area contributed by atoms with Gasteiger partial charge in [-0.25, -0.2) is 33.9 Å². The first kappa shape index (κ1) is 50.0. The van der Waals surface area contributed by atoms with Crippen LogP contribution in [0.3, 0.4) is 0 Å². The van der Waals surface area contributed by atoms with Crippen molar-refractivity contribution >= 4 is 78.9 Å². The maximum absolute atomic E-state index is 13.7. The van der Waals surface area contributed by atoms with Crippen LogP contribution in [0.25, 0.3) is 34.2 Å². The summed E-state index contributed by atoms with van der Waals surface area (Å²) in [5, 5.41) is 17.0. The van der Waals surface area contributed by atoms with Crippen molar-refractivity contribution in [1.82, 2.24) is 44.9 Å². The molecule has 76 heavy (non-hydrogen) atoms. The maximum atomic E-state index is 13.7. The van der Waals surface area contributed by atoms with E-state index in [-0.39, 0.29) is 33.8 Å². The Morgan fingerprint density at radius 3 is 1.41 bits per heavy atom. The first-order valence-corrected chi connectivity index (χ1v) is 27.0. The molecule has 372 valence electrons. The molecule has 0 bridgehead atoms. The Hall–Kier alpha value is -8.23. The monoisotopic (exact) mass is 1170 g/mol. The van der Waals surface area contributed by atoms with E-state index in [2.05, 4.69) is 67.4 Å². The van der Waals surface area contributed by atoms with Crippen LogP contribution in [0.1, 0.15) is 63.7 Å². The van der Waals surface area contributed by atoms with Crippen LogP contribution in [0, 0.1) is 0 Å². The number of aryl methyl sites for hydroxylation is 2. The average molecular weight is 1170 g/mol. The number of aromatic nitrogens is 9.